The fourth-order valence-electron chi connectivity index (χ4n) is 3.50. The summed E-state index contributed by atoms with van der Waals surface area (Å²) < 4.78 is 17.1. The molecular weight excluding hydrogens is 454 g/mol. The highest BCUT2D eigenvalue weighted by molar-refractivity contribution is 6.31. The third-order valence-electron chi connectivity index (χ3n) is 5.39. The predicted molar refractivity (Wildman–Crippen MR) is 133 cm³/mol. The Labute approximate surface area is 202 Å². The van der Waals surface area contributed by atoms with E-state index >= 15 is 0 Å². The van der Waals surface area contributed by atoms with Crippen LogP contribution in [0.4, 0.5) is 5.69 Å². The number of halogens is 1. The summed E-state index contributed by atoms with van der Waals surface area (Å²) in [6, 6.07) is 17.6. The van der Waals surface area contributed by atoms with E-state index in [0.29, 0.717) is 33.2 Å². The Kier molecular flexibility index (Phi) is 6.89. The molecule has 4 aromatic rings. The van der Waals surface area contributed by atoms with Crippen LogP contribution >= 0.6 is 11.6 Å². The fourth-order valence-corrected chi connectivity index (χ4v) is 3.67. The summed E-state index contributed by atoms with van der Waals surface area (Å²) in [5, 5.41) is 3.69. The molecule has 174 valence electrons. The first-order valence-electron chi connectivity index (χ1n) is 10.8. The van der Waals surface area contributed by atoms with Gasteiger partial charge in [0.25, 0.3) is 5.91 Å². The molecule has 34 heavy (non-hydrogen) atoms. The van der Waals surface area contributed by atoms with Crippen molar-refractivity contribution in [2.75, 3.05) is 11.9 Å². The number of ether oxygens (including phenoxy) is 2. The molecule has 0 radical (unpaired) electrons. The van der Waals surface area contributed by atoms with Crippen molar-refractivity contribution in [3.63, 3.8) is 0 Å². The third-order valence-corrected chi connectivity index (χ3v) is 5.80. The van der Waals surface area contributed by atoms with Crippen LogP contribution in [0.5, 0.6) is 17.2 Å². The molecule has 0 aliphatic carbocycles. The van der Waals surface area contributed by atoms with E-state index in [-0.39, 0.29) is 29.6 Å². The molecule has 0 unspecified atom stereocenters. The van der Waals surface area contributed by atoms with Gasteiger partial charge in [-0.3, -0.25) is 9.59 Å². The average molecular weight is 478 g/mol. The Bertz CT molecular complexity index is 1410. The average Bonchev–Trinajstić information content (AvgIpc) is 2.82. The maximum absolute atomic E-state index is 13.0. The molecule has 0 aliphatic heterocycles. The SMILES string of the molecule is Cc1c(Cl)cccc1NC(=O)COc1ccc2c(=O)c(Oc3ccccc3C(C)C)coc2c1. The lowest BCUT2D eigenvalue weighted by molar-refractivity contribution is -0.118. The standard InChI is InChI=1S/C27H24ClNO5/c1-16(2)19-7-4-5-10-23(19)34-25-14-33-24-13-18(11-12-20(24)27(25)31)32-15-26(30)29-22-9-6-8-21(28)17(22)3/h4-14,16H,15H2,1-3H3,(H,29,30). The van der Waals surface area contributed by atoms with Crippen molar-refractivity contribution in [1.82, 2.24) is 0 Å². The number of fused-ring (bicyclic) bond motifs is 1. The monoisotopic (exact) mass is 477 g/mol. The van der Waals surface area contributed by atoms with Gasteiger partial charge in [-0.2, -0.15) is 0 Å². The van der Waals surface area contributed by atoms with Crippen LogP contribution in [0.3, 0.4) is 0 Å². The van der Waals surface area contributed by atoms with Crippen molar-refractivity contribution < 1.29 is 18.7 Å². The number of amides is 1. The number of para-hydroxylation sites is 1. The van der Waals surface area contributed by atoms with Crippen molar-refractivity contribution >= 4 is 34.2 Å². The maximum Gasteiger partial charge on any atom is 0.262 e. The van der Waals surface area contributed by atoms with Gasteiger partial charge in [-0.25, -0.2) is 0 Å². The second-order valence-corrected chi connectivity index (χ2v) is 8.54. The Morgan fingerprint density at radius 1 is 1.06 bits per heavy atom. The number of nitrogens with one attached hydrogen (secondary N) is 1. The van der Waals surface area contributed by atoms with E-state index in [9.17, 15) is 9.59 Å². The van der Waals surface area contributed by atoms with Crippen LogP contribution in [-0.2, 0) is 4.79 Å². The molecule has 1 aromatic heterocycles. The molecule has 1 amide bonds. The minimum Gasteiger partial charge on any atom is -0.484 e. The number of hydrogen-bond donors (Lipinski definition) is 1. The highest BCUT2D eigenvalue weighted by Crippen LogP contribution is 2.30. The van der Waals surface area contributed by atoms with Gasteiger partial charge >= 0.3 is 0 Å². The zero-order chi connectivity index (χ0) is 24.2. The molecule has 0 spiro atoms. The third kappa shape index (κ3) is 5.07. The minimum absolute atomic E-state index is 0.102. The van der Waals surface area contributed by atoms with Crippen LogP contribution < -0.4 is 20.2 Å². The van der Waals surface area contributed by atoms with Gasteiger partial charge in [-0.05, 0) is 54.3 Å². The van der Waals surface area contributed by atoms with Crippen molar-refractivity contribution in [1.29, 1.82) is 0 Å². The van der Waals surface area contributed by atoms with Crippen LogP contribution in [0.2, 0.25) is 5.02 Å². The Balaban J connectivity index is 1.48. The lowest BCUT2D eigenvalue weighted by Crippen LogP contribution is -2.20. The molecule has 0 saturated heterocycles. The van der Waals surface area contributed by atoms with Gasteiger partial charge in [-0.15, -0.1) is 0 Å². The summed E-state index contributed by atoms with van der Waals surface area (Å²) in [7, 11) is 0. The zero-order valence-corrected chi connectivity index (χ0v) is 19.8. The number of carbonyl (C=O) groups is 1. The van der Waals surface area contributed by atoms with Gasteiger partial charge in [0, 0.05) is 16.8 Å². The second kappa shape index (κ2) is 10.0. The lowest BCUT2D eigenvalue weighted by atomic mass is 10.0. The summed E-state index contributed by atoms with van der Waals surface area (Å²) in [5.74, 6) is 1.02. The minimum atomic E-state index is -0.334. The molecule has 0 atom stereocenters. The molecule has 0 saturated carbocycles. The summed E-state index contributed by atoms with van der Waals surface area (Å²) in [5.41, 5.74) is 2.44. The molecule has 3 aromatic carbocycles. The number of anilines is 1. The van der Waals surface area contributed by atoms with Crippen LogP contribution in [0, 0.1) is 6.92 Å². The van der Waals surface area contributed by atoms with Gasteiger partial charge < -0.3 is 19.2 Å². The quantitative estimate of drug-likeness (QED) is 0.321. The van der Waals surface area contributed by atoms with E-state index in [1.807, 2.05) is 31.2 Å². The van der Waals surface area contributed by atoms with Gasteiger partial charge in [-0.1, -0.05) is 49.7 Å². The topological polar surface area (TPSA) is 77.8 Å². The fraction of sp³-hybridized carbons (Fsp3) is 0.185. The summed E-state index contributed by atoms with van der Waals surface area (Å²) >= 11 is 6.09. The second-order valence-electron chi connectivity index (χ2n) is 8.13. The number of carbonyl (C=O) groups excluding carboxylic acids is 1. The Morgan fingerprint density at radius 2 is 1.85 bits per heavy atom. The predicted octanol–water partition coefficient (Wildman–Crippen LogP) is 6.69. The Hall–Kier alpha value is -3.77. The molecule has 0 fully saturated rings. The number of benzene rings is 3. The maximum atomic E-state index is 13.0. The van der Waals surface area contributed by atoms with Crippen LogP contribution in [0.1, 0.15) is 30.9 Å². The highest BCUT2D eigenvalue weighted by atomic mass is 35.5. The smallest absolute Gasteiger partial charge is 0.262 e. The normalized spacial score (nSPS) is 11.0. The van der Waals surface area contributed by atoms with Gasteiger partial charge in [0.2, 0.25) is 11.2 Å². The largest absolute Gasteiger partial charge is 0.484 e. The zero-order valence-electron chi connectivity index (χ0n) is 19.1. The van der Waals surface area contributed by atoms with Gasteiger partial charge in [0.05, 0.1) is 5.39 Å². The lowest BCUT2D eigenvalue weighted by Gasteiger charge is -2.13. The van der Waals surface area contributed by atoms with Crippen LogP contribution in [0.15, 0.2) is 76.1 Å². The van der Waals surface area contributed by atoms with Crippen molar-refractivity contribution in [3.05, 3.63) is 93.3 Å². The van der Waals surface area contributed by atoms with Gasteiger partial charge in [0.15, 0.2) is 6.61 Å². The molecule has 1 N–H and O–H groups in total. The van der Waals surface area contributed by atoms with E-state index in [2.05, 4.69) is 19.2 Å². The molecule has 0 aliphatic rings. The van der Waals surface area contributed by atoms with Crippen LogP contribution in [0.25, 0.3) is 11.0 Å². The first kappa shape index (κ1) is 23.4. The van der Waals surface area contributed by atoms with Crippen molar-refractivity contribution in [3.8, 4) is 17.2 Å². The molecule has 1 heterocycles. The number of rotatable bonds is 7. The molecular formula is C27H24ClNO5. The van der Waals surface area contributed by atoms with E-state index < -0.39 is 0 Å². The summed E-state index contributed by atoms with van der Waals surface area (Å²) in [4.78, 5) is 25.2. The van der Waals surface area contributed by atoms with E-state index in [0.717, 1.165) is 11.1 Å². The molecule has 6 nitrogen and oxygen atoms in total. The van der Waals surface area contributed by atoms with E-state index in [4.69, 9.17) is 25.5 Å². The Morgan fingerprint density at radius 3 is 2.65 bits per heavy atom. The molecule has 7 heteroatoms. The molecule has 4 rings (SSSR count). The summed E-state index contributed by atoms with van der Waals surface area (Å²) in [6.45, 7) is 5.73. The first-order chi connectivity index (χ1) is 16.3. The van der Waals surface area contributed by atoms with E-state index in [1.165, 1.54) is 6.26 Å². The molecule has 0 bridgehead atoms. The van der Waals surface area contributed by atoms with Crippen molar-refractivity contribution in [2.24, 2.45) is 0 Å². The van der Waals surface area contributed by atoms with Crippen molar-refractivity contribution in [2.45, 2.75) is 26.7 Å². The highest BCUT2D eigenvalue weighted by Gasteiger charge is 2.14. The number of hydrogen-bond acceptors (Lipinski definition) is 5. The van der Waals surface area contributed by atoms with E-state index in [1.54, 1.807) is 36.4 Å². The van der Waals surface area contributed by atoms with Crippen LogP contribution in [-0.4, -0.2) is 12.5 Å². The van der Waals surface area contributed by atoms with Gasteiger partial charge in [0.1, 0.15) is 23.3 Å². The summed E-state index contributed by atoms with van der Waals surface area (Å²) in [6.07, 6.45) is 1.29. The first-order valence-corrected chi connectivity index (χ1v) is 11.2.